The zero-order valence-corrected chi connectivity index (χ0v) is 16.5. The first-order chi connectivity index (χ1) is 12.3. The van der Waals surface area contributed by atoms with Crippen LogP contribution in [0.3, 0.4) is 0 Å². The fourth-order valence-electron chi connectivity index (χ4n) is 2.87. The van der Waals surface area contributed by atoms with E-state index in [2.05, 4.69) is 25.9 Å². The second kappa shape index (κ2) is 7.96. The van der Waals surface area contributed by atoms with E-state index in [0.29, 0.717) is 21.6 Å². The Balaban J connectivity index is 1.79. The summed E-state index contributed by atoms with van der Waals surface area (Å²) < 4.78 is 0.738. The third kappa shape index (κ3) is 4.20. The maximum atomic E-state index is 11.8. The molecule has 138 valence electrons. The number of amides is 1. The summed E-state index contributed by atoms with van der Waals surface area (Å²) in [6.07, 6.45) is 1.19. The largest absolute Gasteiger partial charge is 0.465 e. The average molecular weight is 462 g/mol. The molecule has 2 atom stereocenters. The van der Waals surface area contributed by atoms with Gasteiger partial charge in [0.05, 0.1) is 23.2 Å². The molecule has 0 spiro atoms. The van der Waals surface area contributed by atoms with Gasteiger partial charge in [-0.25, -0.2) is 14.8 Å². The van der Waals surface area contributed by atoms with Crippen molar-refractivity contribution in [3.63, 3.8) is 0 Å². The summed E-state index contributed by atoms with van der Waals surface area (Å²) in [6.45, 7) is 0.562. The summed E-state index contributed by atoms with van der Waals surface area (Å²) in [6, 6.07) is 4.25. The normalized spacial score (nSPS) is 19.6. The highest BCUT2D eigenvalue weighted by Gasteiger charge is 2.39. The zero-order chi connectivity index (χ0) is 18.8. The van der Waals surface area contributed by atoms with Crippen LogP contribution in [0.1, 0.15) is 5.56 Å². The van der Waals surface area contributed by atoms with Gasteiger partial charge >= 0.3 is 6.09 Å². The molecular weight excluding hydrogens is 447 g/mol. The van der Waals surface area contributed by atoms with Gasteiger partial charge in [0, 0.05) is 35.5 Å². The molecule has 26 heavy (non-hydrogen) atoms. The van der Waals surface area contributed by atoms with Crippen LogP contribution in [0.2, 0.25) is 10.0 Å². The lowest BCUT2D eigenvalue weighted by atomic mass is 10.1. The van der Waals surface area contributed by atoms with E-state index in [0.717, 1.165) is 4.47 Å². The molecule has 1 aromatic heterocycles. The van der Waals surface area contributed by atoms with Crippen molar-refractivity contribution in [1.29, 1.82) is 0 Å². The molecule has 0 bridgehead atoms. The molecule has 0 aliphatic carbocycles. The number of aliphatic hydroxyl groups is 1. The van der Waals surface area contributed by atoms with Gasteiger partial charge in [-0.2, -0.15) is 0 Å². The lowest BCUT2D eigenvalue weighted by Crippen LogP contribution is -2.45. The monoisotopic (exact) mass is 460 g/mol. The van der Waals surface area contributed by atoms with E-state index in [1.807, 2.05) is 0 Å². The van der Waals surface area contributed by atoms with E-state index in [4.69, 9.17) is 23.2 Å². The summed E-state index contributed by atoms with van der Waals surface area (Å²) in [5.41, 5.74) is 0.615. The highest BCUT2D eigenvalue weighted by atomic mass is 79.9. The molecule has 1 aliphatic rings. The number of aromatic nitrogens is 2. The minimum atomic E-state index is -1.14. The maximum absolute atomic E-state index is 11.8. The topological polar surface area (TPSA) is 89.8 Å². The smallest absolute Gasteiger partial charge is 0.408 e. The summed E-state index contributed by atoms with van der Waals surface area (Å²) >= 11 is 15.3. The van der Waals surface area contributed by atoms with Gasteiger partial charge in [-0.15, -0.1) is 0 Å². The molecule has 3 rings (SSSR count). The van der Waals surface area contributed by atoms with Crippen molar-refractivity contribution in [3.8, 4) is 0 Å². The van der Waals surface area contributed by atoms with E-state index in [1.165, 1.54) is 4.90 Å². The molecule has 10 heteroatoms. The van der Waals surface area contributed by atoms with Crippen LogP contribution in [-0.4, -0.2) is 56.4 Å². The van der Waals surface area contributed by atoms with Crippen molar-refractivity contribution < 1.29 is 15.0 Å². The molecule has 2 heterocycles. The molecule has 2 aromatic rings. The van der Waals surface area contributed by atoms with Crippen molar-refractivity contribution in [2.24, 2.45) is 0 Å². The van der Waals surface area contributed by atoms with Crippen molar-refractivity contribution in [3.05, 3.63) is 50.7 Å². The quantitative estimate of drug-likeness (QED) is 0.726. The number of rotatable bonds is 4. The Morgan fingerprint density at radius 3 is 2.62 bits per heavy atom. The number of hydrogen-bond donors (Lipinski definition) is 2. The van der Waals surface area contributed by atoms with Gasteiger partial charge in [0.1, 0.15) is 0 Å². The molecule has 1 aromatic carbocycles. The van der Waals surface area contributed by atoms with Crippen molar-refractivity contribution >= 4 is 51.2 Å². The second-order valence-electron chi connectivity index (χ2n) is 5.89. The van der Waals surface area contributed by atoms with E-state index >= 15 is 0 Å². The van der Waals surface area contributed by atoms with Gasteiger partial charge in [-0.3, -0.25) is 4.90 Å². The van der Waals surface area contributed by atoms with E-state index in [-0.39, 0.29) is 19.6 Å². The fraction of sp³-hybridized carbons (Fsp3) is 0.312. The number of anilines is 1. The van der Waals surface area contributed by atoms with Gasteiger partial charge < -0.3 is 15.1 Å². The summed E-state index contributed by atoms with van der Waals surface area (Å²) in [7, 11) is 0. The number of nitrogens with zero attached hydrogens (tertiary/aromatic N) is 4. The van der Waals surface area contributed by atoms with Gasteiger partial charge in [-0.1, -0.05) is 29.3 Å². The summed E-state index contributed by atoms with van der Waals surface area (Å²) in [5, 5.41) is 20.9. The maximum Gasteiger partial charge on any atom is 0.408 e. The van der Waals surface area contributed by atoms with Crippen LogP contribution in [0, 0.1) is 0 Å². The number of carboxylic acid groups (broad SMARTS) is 1. The minimum Gasteiger partial charge on any atom is -0.465 e. The predicted octanol–water partition coefficient (Wildman–Crippen LogP) is 3.28. The highest BCUT2D eigenvalue weighted by Crippen LogP contribution is 2.26. The number of hydrogen-bond acceptors (Lipinski definition) is 5. The lowest BCUT2D eigenvalue weighted by molar-refractivity contribution is 0.0705. The van der Waals surface area contributed by atoms with Crippen LogP contribution in [0.15, 0.2) is 35.1 Å². The Hall–Kier alpha value is -1.61. The van der Waals surface area contributed by atoms with Gasteiger partial charge in [-0.05, 0) is 33.6 Å². The molecule has 0 radical (unpaired) electrons. The van der Waals surface area contributed by atoms with Gasteiger partial charge in [0.2, 0.25) is 5.95 Å². The lowest BCUT2D eigenvalue weighted by Gasteiger charge is -2.28. The second-order valence-corrected chi connectivity index (χ2v) is 7.65. The Kier molecular flexibility index (Phi) is 5.86. The number of aliphatic hydroxyl groups excluding tert-OH is 1. The van der Waals surface area contributed by atoms with Crippen molar-refractivity contribution in [2.75, 3.05) is 18.0 Å². The van der Waals surface area contributed by atoms with Crippen LogP contribution in [0.4, 0.5) is 10.7 Å². The van der Waals surface area contributed by atoms with E-state index in [9.17, 15) is 15.0 Å². The number of β-amino-alcohol motifs (C(OH)–C–C–N with tert-alkyl or cyclic N) is 1. The Bertz CT molecular complexity index is 809. The third-order valence-electron chi connectivity index (χ3n) is 4.15. The Morgan fingerprint density at radius 2 is 2.00 bits per heavy atom. The first kappa shape index (κ1) is 19.2. The third-order valence-corrected chi connectivity index (χ3v) is 5.15. The molecule has 1 saturated heterocycles. The SMILES string of the molecule is O=C(O)N(Cc1ccc(Cl)cc1Cl)C1CN(c2ncc(Br)cn2)CC1O. The van der Waals surface area contributed by atoms with Crippen LogP contribution >= 0.6 is 39.1 Å². The van der Waals surface area contributed by atoms with Crippen molar-refractivity contribution in [1.82, 2.24) is 14.9 Å². The van der Waals surface area contributed by atoms with Crippen LogP contribution < -0.4 is 4.90 Å². The molecule has 1 aliphatic heterocycles. The molecule has 7 nitrogen and oxygen atoms in total. The van der Waals surface area contributed by atoms with Gasteiger partial charge in [0.25, 0.3) is 0 Å². The van der Waals surface area contributed by atoms with Gasteiger partial charge in [0.15, 0.2) is 0 Å². The molecule has 1 fully saturated rings. The number of halogens is 3. The minimum absolute atomic E-state index is 0.0437. The van der Waals surface area contributed by atoms with Crippen LogP contribution in [-0.2, 0) is 6.54 Å². The summed E-state index contributed by atoms with van der Waals surface area (Å²) in [4.78, 5) is 23.1. The summed E-state index contributed by atoms with van der Waals surface area (Å²) in [5.74, 6) is 0.435. The fourth-order valence-corrected chi connectivity index (χ4v) is 3.54. The zero-order valence-electron chi connectivity index (χ0n) is 13.4. The molecule has 2 unspecified atom stereocenters. The average Bonchev–Trinajstić information content (AvgIpc) is 2.96. The molecule has 1 amide bonds. The predicted molar refractivity (Wildman–Crippen MR) is 102 cm³/mol. The first-order valence-corrected chi connectivity index (χ1v) is 9.24. The van der Waals surface area contributed by atoms with E-state index < -0.39 is 18.2 Å². The molecule has 0 saturated carbocycles. The van der Waals surface area contributed by atoms with Crippen LogP contribution in [0.5, 0.6) is 0 Å². The number of carbonyl (C=O) groups is 1. The molecule has 2 N–H and O–H groups in total. The highest BCUT2D eigenvalue weighted by molar-refractivity contribution is 9.10. The number of benzene rings is 1. The van der Waals surface area contributed by atoms with Crippen LogP contribution in [0.25, 0.3) is 0 Å². The Morgan fingerprint density at radius 1 is 1.31 bits per heavy atom. The van der Waals surface area contributed by atoms with Crippen molar-refractivity contribution in [2.45, 2.75) is 18.7 Å². The Labute approximate surface area is 168 Å². The van der Waals surface area contributed by atoms with E-state index in [1.54, 1.807) is 35.5 Å². The molecular formula is C16H15BrCl2N4O3. The first-order valence-electron chi connectivity index (χ1n) is 7.69. The standard InChI is InChI=1S/C16H15BrCl2N4O3/c17-10-4-20-15(21-5-10)22-7-13(14(24)8-22)23(16(25)26)6-9-1-2-11(18)3-12(9)19/h1-5,13-14,24H,6-8H2,(H,25,26).